The van der Waals surface area contributed by atoms with Gasteiger partial charge >= 0.3 is 0 Å². The molecule has 0 heteroatoms. The van der Waals surface area contributed by atoms with Gasteiger partial charge in [-0.15, -0.1) is 0 Å². The molecule has 0 aromatic rings. The minimum Gasteiger partial charge on any atom is -0.0842 e. The lowest BCUT2D eigenvalue weighted by molar-refractivity contribution is 1.00. The summed E-state index contributed by atoms with van der Waals surface area (Å²) in [5.74, 6) is 0. The van der Waals surface area contributed by atoms with Crippen molar-refractivity contribution in [2.45, 2.75) is 12.8 Å². The number of hydrogen-bond donors (Lipinski definition) is 0. The van der Waals surface area contributed by atoms with E-state index in [1.54, 1.807) is 0 Å². The van der Waals surface area contributed by atoms with Crippen LogP contribution in [0.4, 0.5) is 0 Å². The molecule has 0 aliphatic heterocycles. The molecule has 0 nitrogen and oxygen atoms in total. The Morgan fingerprint density at radius 3 is 2.92 bits per heavy atom. The van der Waals surface area contributed by atoms with Crippen molar-refractivity contribution in [2.75, 3.05) is 0 Å². The first-order valence-corrected chi connectivity index (χ1v) is 4.38. The quantitative estimate of drug-likeness (QED) is 0.504. The highest BCUT2D eigenvalue weighted by atomic mass is 14.1. The van der Waals surface area contributed by atoms with Crippen molar-refractivity contribution in [1.29, 1.82) is 0 Å². The molecule has 0 amide bonds. The van der Waals surface area contributed by atoms with Gasteiger partial charge in [-0.1, -0.05) is 48.6 Å². The second kappa shape index (κ2) is 3.40. The van der Waals surface area contributed by atoms with Crippen LogP contribution in [0, 0.1) is 0 Å². The Morgan fingerprint density at radius 2 is 1.92 bits per heavy atom. The van der Waals surface area contributed by atoms with E-state index in [4.69, 9.17) is 0 Å². The third-order valence-electron chi connectivity index (χ3n) is 2.16. The van der Waals surface area contributed by atoms with Crippen molar-refractivity contribution < 1.29 is 0 Å². The van der Waals surface area contributed by atoms with E-state index in [0.29, 0.717) is 0 Å². The molecule has 0 bridgehead atoms. The molecule has 2 rings (SSSR count). The van der Waals surface area contributed by atoms with Gasteiger partial charge in [0.2, 0.25) is 0 Å². The SMILES string of the molecule is C1=CC=C2CCC=CC=C2C=C1. The fraction of sp³-hybridized carbons (Fsp3) is 0.167. The minimum atomic E-state index is 1.16. The Balaban J connectivity index is 2.38. The van der Waals surface area contributed by atoms with E-state index in [-0.39, 0.29) is 0 Å². The zero-order valence-corrected chi connectivity index (χ0v) is 7.03. The third kappa shape index (κ3) is 1.48. The lowest BCUT2D eigenvalue weighted by Crippen LogP contribution is -1.83. The van der Waals surface area contributed by atoms with Crippen LogP contribution in [0.15, 0.2) is 59.8 Å². The van der Waals surface area contributed by atoms with E-state index >= 15 is 0 Å². The molecule has 0 radical (unpaired) electrons. The van der Waals surface area contributed by atoms with Gasteiger partial charge in [-0.05, 0) is 24.0 Å². The van der Waals surface area contributed by atoms with E-state index in [9.17, 15) is 0 Å². The predicted octanol–water partition coefficient (Wildman–Crippen LogP) is 3.32. The lowest BCUT2D eigenvalue weighted by atomic mass is 10.0. The fourth-order valence-corrected chi connectivity index (χ4v) is 1.50. The van der Waals surface area contributed by atoms with E-state index in [0.717, 1.165) is 12.8 Å². The molecule has 0 atom stereocenters. The maximum atomic E-state index is 2.22. The van der Waals surface area contributed by atoms with E-state index in [2.05, 4.69) is 48.6 Å². The number of rotatable bonds is 0. The Morgan fingerprint density at radius 1 is 0.917 bits per heavy atom. The van der Waals surface area contributed by atoms with Crippen LogP contribution in [-0.2, 0) is 0 Å². The van der Waals surface area contributed by atoms with Crippen LogP contribution in [0.25, 0.3) is 0 Å². The van der Waals surface area contributed by atoms with Crippen LogP contribution in [0.5, 0.6) is 0 Å². The van der Waals surface area contributed by atoms with Crippen LogP contribution in [0.2, 0.25) is 0 Å². The molecule has 12 heavy (non-hydrogen) atoms. The summed E-state index contributed by atoms with van der Waals surface area (Å²) in [7, 11) is 0. The van der Waals surface area contributed by atoms with E-state index < -0.39 is 0 Å². The molecule has 2 aliphatic rings. The smallest absolute Gasteiger partial charge is 0.0225 e. The normalized spacial score (nSPS) is 20.7. The highest BCUT2D eigenvalue weighted by Crippen LogP contribution is 2.22. The first kappa shape index (κ1) is 7.35. The molecule has 0 aromatic heterocycles. The Labute approximate surface area is 73.3 Å². The summed E-state index contributed by atoms with van der Waals surface area (Å²) in [6.45, 7) is 0. The van der Waals surface area contributed by atoms with Crippen molar-refractivity contribution in [3.8, 4) is 0 Å². The molecule has 2 aliphatic carbocycles. The van der Waals surface area contributed by atoms with Crippen LogP contribution in [0.1, 0.15) is 12.8 Å². The van der Waals surface area contributed by atoms with Gasteiger partial charge in [0.1, 0.15) is 0 Å². The van der Waals surface area contributed by atoms with Crippen LogP contribution < -0.4 is 0 Å². The molecular weight excluding hydrogens is 144 g/mol. The molecule has 0 unspecified atom stereocenters. The average Bonchev–Trinajstić information content (AvgIpc) is 2.38. The monoisotopic (exact) mass is 156 g/mol. The fourth-order valence-electron chi connectivity index (χ4n) is 1.50. The summed E-state index contributed by atoms with van der Waals surface area (Å²) < 4.78 is 0. The second-order valence-electron chi connectivity index (χ2n) is 3.02. The summed E-state index contributed by atoms with van der Waals surface area (Å²) >= 11 is 0. The highest BCUT2D eigenvalue weighted by Gasteiger charge is 2.03. The molecule has 0 N–H and O–H groups in total. The van der Waals surface area contributed by atoms with Crippen molar-refractivity contribution in [3.05, 3.63) is 59.8 Å². The van der Waals surface area contributed by atoms with Crippen LogP contribution >= 0.6 is 0 Å². The van der Waals surface area contributed by atoms with Gasteiger partial charge in [0.25, 0.3) is 0 Å². The molecule has 0 heterocycles. The van der Waals surface area contributed by atoms with E-state index in [1.807, 2.05) is 0 Å². The summed E-state index contributed by atoms with van der Waals surface area (Å²) in [6.07, 6.45) is 19.5. The maximum absolute atomic E-state index is 2.22. The van der Waals surface area contributed by atoms with Gasteiger partial charge in [-0.2, -0.15) is 0 Å². The minimum absolute atomic E-state index is 1.16. The summed E-state index contributed by atoms with van der Waals surface area (Å²) in [5, 5.41) is 0. The van der Waals surface area contributed by atoms with Gasteiger partial charge in [0, 0.05) is 0 Å². The van der Waals surface area contributed by atoms with Crippen LogP contribution in [-0.4, -0.2) is 0 Å². The van der Waals surface area contributed by atoms with Crippen molar-refractivity contribution >= 4 is 0 Å². The largest absolute Gasteiger partial charge is 0.0842 e. The molecule has 60 valence electrons. The summed E-state index contributed by atoms with van der Waals surface area (Å²) in [6, 6.07) is 0. The molecule has 0 fully saturated rings. The summed E-state index contributed by atoms with van der Waals surface area (Å²) in [5.41, 5.74) is 2.80. The zero-order chi connectivity index (χ0) is 8.23. The average molecular weight is 156 g/mol. The Bertz CT molecular complexity index is 309. The number of hydrogen-bond acceptors (Lipinski definition) is 0. The van der Waals surface area contributed by atoms with Gasteiger partial charge < -0.3 is 0 Å². The molecule has 0 saturated heterocycles. The Hall–Kier alpha value is -1.30. The molecular formula is C12H12. The van der Waals surface area contributed by atoms with Gasteiger partial charge in [-0.25, -0.2) is 0 Å². The second-order valence-corrected chi connectivity index (χ2v) is 3.02. The van der Waals surface area contributed by atoms with Gasteiger partial charge in [0.15, 0.2) is 0 Å². The zero-order valence-electron chi connectivity index (χ0n) is 7.03. The Kier molecular flexibility index (Phi) is 2.08. The van der Waals surface area contributed by atoms with Gasteiger partial charge in [-0.3, -0.25) is 0 Å². The number of allylic oxidation sites excluding steroid dienone is 10. The standard InChI is InChI=1S/C12H12/c1-3-7-11-9-5-2-6-10-12(11)8-4-1/h1-5,7-9H,6,10H2. The molecule has 0 saturated carbocycles. The summed E-state index contributed by atoms with van der Waals surface area (Å²) in [4.78, 5) is 0. The predicted molar refractivity (Wildman–Crippen MR) is 52.8 cm³/mol. The topological polar surface area (TPSA) is 0 Å². The van der Waals surface area contributed by atoms with Crippen molar-refractivity contribution in [2.24, 2.45) is 0 Å². The number of fused-ring (bicyclic) bond motifs is 1. The first-order chi connectivity index (χ1) is 5.97. The highest BCUT2D eigenvalue weighted by molar-refractivity contribution is 5.47. The third-order valence-corrected chi connectivity index (χ3v) is 2.16. The van der Waals surface area contributed by atoms with E-state index in [1.165, 1.54) is 11.1 Å². The first-order valence-electron chi connectivity index (χ1n) is 4.38. The lowest BCUT2D eigenvalue weighted by Gasteiger charge is -2.02. The van der Waals surface area contributed by atoms with Crippen LogP contribution in [0.3, 0.4) is 0 Å². The maximum Gasteiger partial charge on any atom is -0.0225 e. The van der Waals surface area contributed by atoms with Gasteiger partial charge in [0.05, 0.1) is 0 Å². The molecule has 0 spiro atoms. The van der Waals surface area contributed by atoms with Crippen molar-refractivity contribution in [1.82, 2.24) is 0 Å². The van der Waals surface area contributed by atoms with Crippen molar-refractivity contribution in [3.63, 3.8) is 0 Å². The molecule has 0 aromatic carbocycles.